The van der Waals surface area contributed by atoms with Crippen molar-refractivity contribution in [2.75, 3.05) is 0 Å². The monoisotopic (exact) mass is 306 g/mol. The number of hydrogen-bond donors (Lipinski definition) is 2. The molecular weight excluding hydrogens is 276 g/mol. The van der Waals surface area contributed by atoms with Crippen LogP contribution in [-0.2, 0) is 4.79 Å². The zero-order valence-corrected chi connectivity index (χ0v) is 14.7. The largest absolute Gasteiger partial charge is 0.366 e. The molecule has 1 amide bonds. The van der Waals surface area contributed by atoms with Gasteiger partial charge in [0, 0.05) is 29.4 Å². The van der Waals surface area contributed by atoms with Crippen molar-refractivity contribution in [3.05, 3.63) is 11.8 Å². The maximum Gasteiger partial charge on any atom is 0.263 e. The second-order valence-corrected chi connectivity index (χ2v) is 7.60. The summed E-state index contributed by atoms with van der Waals surface area (Å²) in [4.78, 5) is 14.4. The van der Waals surface area contributed by atoms with Crippen LogP contribution < -0.4 is 11.1 Å². The van der Waals surface area contributed by atoms with Crippen LogP contribution in [-0.4, -0.2) is 34.0 Å². The molecule has 0 aromatic rings. The van der Waals surface area contributed by atoms with Crippen LogP contribution in [0.4, 0.5) is 0 Å². The lowest BCUT2D eigenvalue weighted by atomic mass is 9.77. The third-order valence-electron chi connectivity index (χ3n) is 4.44. The minimum absolute atomic E-state index is 0.0556. The Morgan fingerprint density at radius 3 is 2.32 bits per heavy atom. The van der Waals surface area contributed by atoms with Gasteiger partial charge in [0.05, 0.1) is 0 Å². The van der Waals surface area contributed by atoms with Gasteiger partial charge in [0.15, 0.2) is 0 Å². The fourth-order valence-corrected chi connectivity index (χ4v) is 3.39. The van der Waals surface area contributed by atoms with Crippen LogP contribution in [0.2, 0.25) is 0 Å². The fraction of sp³-hybridized carbons (Fsp3) is 0.765. The van der Waals surface area contributed by atoms with Gasteiger partial charge in [0.1, 0.15) is 11.6 Å². The van der Waals surface area contributed by atoms with E-state index in [9.17, 15) is 10.1 Å². The predicted octanol–water partition coefficient (Wildman–Crippen LogP) is 2.29. The first-order chi connectivity index (χ1) is 10.0. The van der Waals surface area contributed by atoms with E-state index >= 15 is 0 Å². The highest BCUT2D eigenvalue weighted by molar-refractivity contribution is 5.97. The van der Waals surface area contributed by atoms with Gasteiger partial charge in [-0.2, -0.15) is 5.26 Å². The number of nitrogens with one attached hydrogen (secondary N) is 1. The molecule has 1 atom stereocenters. The lowest BCUT2D eigenvalue weighted by Crippen LogP contribution is -2.61. The minimum atomic E-state index is -0.307. The summed E-state index contributed by atoms with van der Waals surface area (Å²) in [5.74, 6) is -0.307. The number of likely N-dealkylation sites (tertiary alicyclic amines) is 1. The summed E-state index contributed by atoms with van der Waals surface area (Å²) < 4.78 is 0. The van der Waals surface area contributed by atoms with E-state index < -0.39 is 0 Å². The normalized spacial score (nSPS) is 22.8. The van der Waals surface area contributed by atoms with E-state index in [4.69, 9.17) is 5.73 Å². The summed E-state index contributed by atoms with van der Waals surface area (Å²) in [5, 5.41) is 12.2. The SMILES string of the molecule is CCC(C)NC(=O)/C(C#N)=C\N1C(C)(C)CC(N)CC1(C)C. The molecule has 1 heterocycles. The quantitative estimate of drug-likeness (QED) is 0.616. The Morgan fingerprint density at radius 2 is 1.91 bits per heavy atom. The molecule has 124 valence electrons. The summed E-state index contributed by atoms with van der Waals surface area (Å²) in [6, 6.07) is 2.23. The highest BCUT2D eigenvalue weighted by Crippen LogP contribution is 2.38. The van der Waals surface area contributed by atoms with Crippen molar-refractivity contribution in [2.24, 2.45) is 5.73 Å². The third-order valence-corrected chi connectivity index (χ3v) is 4.44. The Balaban J connectivity index is 3.09. The van der Waals surface area contributed by atoms with Crippen LogP contribution in [0.3, 0.4) is 0 Å². The standard InChI is InChI=1S/C17H30N4O/c1-7-12(2)20-15(22)13(10-18)11-21-16(3,4)8-14(19)9-17(21,5)6/h11-12,14H,7-9,19H2,1-6H3,(H,20,22)/b13-11-. The average Bonchev–Trinajstić information content (AvgIpc) is 2.35. The van der Waals surface area contributed by atoms with Gasteiger partial charge >= 0.3 is 0 Å². The van der Waals surface area contributed by atoms with E-state index in [0.717, 1.165) is 19.3 Å². The Hall–Kier alpha value is -1.54. The van der Waals surface area contributed by atoms with Gasteiger partial charge in [0.25, 0.3) is 5.91 Å². The van der Waals surface area contributed by atoms with E-state index in [0.29, 0.717) is 0 Å². The summed E-state index contributed by atoms with van der Waals surface area (Å²) in [6.07, 6.45) is 4.21. The molecular formula is C17H30N4O. The Morgan fingerprint density at radius 1 is 1.41 bits per heavy atom. The molecule has 3 N–H and O–H groups in total. The molecule has 0 saturated carbocycles. The average molecular weight is 306 g/mol. The van der Waals surface area contributed by atoms with Gasteiger partial charge in [-0.15, -0.1) is 0 Å². The number of hydrogen-bond acceptors (Lipinski definition) is 4. The molecule has 0 aromatic carbocycles. The van der Waals surface area contributed by atoms with Crippen LogP contribution in [0, 0.1) is 11.3 Å². The molecule has 5 nitrogen and oxygen atoms in total. The van der Waals surface area contributed by atoms with Gasteiger partial charge in [0.2, 0.25) is 0 Å². The Kier molecular flexibility index (Phi) is 5.64. The minimum Gasteiger partial charge on any atom is -0.366 e. The van der Waals surface area contributed by atoms with Crippen LogP contribution in [0.5, 0.6) is 0 Å². The number of rotatable bonds is 4. The maximum atomic E-state index is 12.3. The fourth-order valence-electron chi connectivity index (χ4n) is 3.39. The first kappa shape index (κ1) is 18.5. The molecule has 1 aliphatic rings. The van der Waals surface area contributed by atoms with Gasteiger partial charge in [-0.3, -0.25) is 4.79 Å². The number of nitriles is 1. The molecule has 5 heteroatoms. The van der Waals surface area contributed by atoms with E-state index in [1.165, 1.54) is 0 Å². The van der Waals surface area contributed by atoms with E-state index in [1.807, 2.05) is 19.9 Å². The zero-order chi connectivity index (χ0) is 17.1. The lowest BCUT2D eigenvalue weighted by Gasteiger charge is -2.54. The number of nitrogens with two attached hydrogens (primary N) is 1. The first-order valence-corrected chi connectivity index (χ1v) is 8.01. The van der Waals surface area contributed by atoms with Crippen molar-refractivity contribution in [1.29, 1.82) is 5.26 Å². The van der Waals surface area contributed by atoms with Crippen molar-refractivity contribution in [3.8, 4) is 6.07 Å². The van der Waals surface area contributed by atoms with Gasteiger partial charge < -0.3 is 16.0 Å². The first-order valence-electron chi connectivity index (χ1n) is 8.01. The predicted molar refractivity (Wildman–Crippen MR) is 88.8 cm³/mol. The second kappa shape index (κ2) is 6.70. The number of carbonyl (C=O) groups excluding carboxylic acids is 1. The molecule has 1 unspecified atom stereocenters. The Labute approximate surface area is 134 Å². The van der Waals surface area contributed by atoms with Crippen molar-refractivity contribution in [1.82, 2.24) is 10.2 Å². The van der Waals surface area contributed by atoms with Crippen LogP contribution >= 0.6 is 0 Å². The number of amides is 1. The lowest BCUT2D eigenvalue weighted by molar-refractivity contribution is -0.117. The molecule has 1 saturated heterocycles. The number of piperidine rings is 1. The molecule has 0 radical (unpaired) electrons. The van der Waals surface area contributed by atoms with E-state index in [-0.39, 0.29) is 34.6 Å². The Bertz CT molecular complexity index is 469. The molecule has 0 bridgehead atoms. The van der Waals surface area contributed by atoms with Crippen LogP contribution in [0.1, 0.15) is 60.8 Å². The highest BCUT2D eigenvalue weighted by Gasteiger charge is 2.43. The summed E-state index contributed by atoms with van der Waals surface area (Å²) in [7, 11) is 0. The molecule has 0 aromatic heterocycles. The van der Waals surface area contributed by atoms with Crippen molar-refractivity contribution < 1.29 is 4.79 Å². The number of nitrogens with zero attached hydrogens (tertiary/aromatic N) is 2. The summed E-state index contributed by atoms with van der Waals surface area (Å²) in [5.41, 5.74) is 5.92. The number of carbonyl (C=O) groups is 1. The van der Waals surface area contributed by atoms with E-state index in [2.05, 4.69) is 37.9 Å². The summed E-state index contributed by atoms with van der Waals surface area (Å²) in [6.45, 7) is 12.3. The van der Waals surface area contributed by atoms with Gasteiger partial charge in [-0.1, -0.05) is 6.92 Å². The highest BCUT2D eigenvalue weighted by atomic mass is 16.1. The third kappa shape index (κ3) is 4.23. The maximum absolute atomic E-state index is 12.3. The smallest absolute Gasteiger partial charge is 0.263 e. The zero-order valence-electron chi connectivity index (χ0n) is 14.7. The molecule has 0 spiro atoms. The van der Waals surface area contributed by atoms with Crippen LogP contribution in [0.25, 0.3) is 0 Å². The molecule has 22 heavy (non-hydrogen) atoms. The van der Waals surface area contributed by atoms with Gasteiger partial charge in [-0.05, 0) is 53.9 Å². The van der Waals surface area contributed by atoms with Crippen molar-refractivity contribution >= 4 is 5.91 Å². The van der Waals surface area contributed by atoms with Crippen LogP contribution in [0.15, 0.2) is 11.8 Å². The molecule has 0 aliphatic carbocycles. The van der Waals surface area contributed by atoms with E-state index in [1.54, 1.807) is 6.20 Å². The van der Waals surface area contributed by atoms with Crippen molar-refractivity contribution in [3.63, 3.8) is 0 Å². The molecule has 1 aliphatic heterocycles. The molecule has 1 fully saturated rings. The van der Waals surface area contributed by atoms with Gasteiger partial charge in [-0.25, -0.2) is 0 Å². The molecule has 1 rings (SSSR count). The van der Waals surface area contributed by atoms with Crippen molar-refractivity contribution in [2.45, 2.75) is 84.0 Å². The second-order valence-electron chi connectivity index (χ2n) is 7.60. The topological polar surface area (TPSA) is 82.2 Å². The summed E-state index contributed by atoms with van der Waals surface area (Å²) >= 11 is 0.